The molecule has 0 aliphatic carbocycles. The van der Waals surface area contributed by atoms with Gasteiger partial charge in [0.1, 0.15) is 0 Å². The minimum absolute atomic E-state index is 0.351. The van der Waals surface area contributed by atoms with Crippen molar-refractivity contribution in [1.29, 1.82) is 0 Å². The number of hydrogen-bond acceptors (Lipinski definition) is 0. The lowest BCUT2D eigenvalue weighted by molar-refractivity contribution is 0.542. The molecule has 0 spiro atoms. The van der Waals surface area contributed by atoms with E-state index >= 15 is 0 Å². The maximum absolute atomic E-state index is 2.33. The Morgan fingerprint density at radius 3 is 1.26 bits per heavy atom. The Balaban J connectivity index is 2.88. The van der Waals surface area contributed by atoms with Crippen LogP contribution >= 0.6 is 0 Å². The largest absolute Gasteiger partial charge is 0.0657 e. The van der Waals surface area contributed by atoms with Crippen LogP contribution in [0.2, 0.25) is 12.1 Å². The molecule has 0 nitrogen and oxygen atoms in total. The molecular formula is C18H40Si. The number of rotatable bonds is 16. The van der Waals surface area contributed by atoms with Crippen molar-refractivity contribution in [3.05, 3.63) is 0 Å². The predicted molar refractivity (Wildman–Crippen MR) is 94.1 cm³/mol. The van der Waals surface area contributed by atoms with Crippen LogP contribution in [-0.4, -0.2) is 9.52 Å². The van der Waals surface area contributed by atoms with Gasteiger partial charge in [0, 0.05) is 9.52 Å². The molecule has 0 atom stereocenters. The second-order valence-corrected chi connectivity index (χ2v) is 8.42. The van der Waals surface area contributed by atoms with Crippen molar-refractivity contribution in [1.82, 2.24) is 0 Å². The van der Waals surface area contributed by atoms with Crippen LogP contribution in [0.25, 0.3) is 0 Å². The van der Waals surface area contributed by atoms with Crippen LogP contribution in [0.15, 0.2) is 0 Å². The van der Waals surface area contributed by atoms with Crippen LogP contribution in [0.4, 0.5) is 0 Å². The first-order chi connectivity index (χ1) is 9.41. The molecule has 0 bridgehead atoms. The maximum Gasteiger partial charge on any atom is 0.0197 e. The molecule has 0 N–H and O–H groups in total. The molecule has 0 aromatic heterocycles. The fraction of sp³-hybridized carbons (Fsp3) is 1.00. The summed E-state index contributed by atoms with van der Waals surface area (Å²) in [5.41, 5.74) is 0. The Kier molecular flexibility index (Phi) is 18.4. The molecule has 0 amide bonds. The third kappa shape index (κ3) is 18.2. The normalized spacial score (nSPS) is 11.7. The zero-order valence-corrected chi connectivity index (χ0v) is 15.4. The molecule has 0 radical (unpaired) electrons. The monoisotopic (exact) mass is 284 g/mol. The lowest BCUT2D eigenvalue weighted by Crippen LogP contribution is -1.88. The van der Waals surface area contributed by atoms with Gasteiger partial charge in [0.05, 0.1) is 0 Å². The van der Waals surface area contributed by atoms with Crippen LogP contribution < -0.4 is 0 Å². The van der Waals surface area contributed by atoms with Gasteiger partial charge < -0.3 is 0 Å². The minimum Gasteiger partial charge on any atom is -0.0657 e. The minimum atomic E-state index is 0.351. The van der Waals surface area contributed by atoms with Crippen LogP contribution in [0.1, 0.15) is 104 Å². The Hall–Kier alpha value is 0.217. The molecule has 116 valence electrons. The highest BCUT2D eigenvalue weighted by Gasteiger charge is 1.94. The summed E-state index contributed by atoms with van der Waals surface area (Å²) < 4.78 is 0. The third-order valence-electron chi connectivity index (χ3n) is 4.21. The summed E-state index contributed by atoms with van der Waals surface area (Å²) in [5.74, 6) is 0. The Labute approximate surface area is 126 Å². The molecule has 0 saturated heterocycles. The first-order valence-corrected chi connectivity index (χ1v) is 11.4. The molecule has 0 rings (SSSR count). The summed E-state index contributed by atoms with van der Waals surface area (Å²) in [7, 11) is 0.351. The van der Waals surface area contributed by atoms with Gasteiger partial charge in [0.25, 0.3) is 0 Å². The van der Waals surface area contributed by atoms with Crippen LogP contribution in [0, 0.1) is 0 Å². The van der Waals surface area contributed by atoms with Gasteiger partial charge in [0.2, 0.25) is 0 Å². The van der Waals surface area contributed by atoms with Gasteiger partial charge in [-0.25, -0.2) is 0 Å². The Morgan fingerprint density at radius 2 is 0.842 bits per heavy atom. The van der Waals surface area contributed by atoms with Crippen LogP contribution in [0.3, 0.4) is 0 Å². The van der Waals surface area contributed by atoms with Crippen molar-refractivity contribution in [3.8, 4) is 0 Å². The van der Waals surface area contributed by atoms with E-state index in [1.807, 2.05) is 0 Å². The van der Waals surface area contributed by atoms with E-state index in [0.717, 1.165) is 0 Å². The van der Waals surface area contributed by atoms with Gasteiger partial charge in [-0.1, -0.05) is 116 Å². The van der Waals surface area contributed by atoms with E-state index in [1.165, 1.54) is 83.5 Å². The van der Waals surface area contributed by atoms with E-state index in [0.29, 0.717) is 9.52 Å². The van der Waals surface area contributed by atoms with Crippen molar-refractivity contribution in [3.63, 3.8) is 0 Å². The average Bonchev–Trinajstić information content (AvgIpc) is 2.43. The quantitative estimate of drug-likeness (QED) is 0.224. The number of unbranched alkanes of at least 4 members (excludes halogenated alkanes) is 12. The highest BCUT2D eigenvalue weighted by Crippen LogP contribution is 2.13. The molecule has 0 aromatic rings. The van der Waals surface area contributed by atoms with E-state index in [2.05, 4.69) is 13.8 Å². The molecule has 0 aliphatic heterocycles. The van der Waals surface area contributed by atoms with Gasteiger partial charge in [-0.2, -0.15) is 0 Å². The van der Waals surface area contributed by atoms with Gasteiger partial charge >= 0.3 is 0 Å². The van der Waals surface area contributed by atoms with E-state index < -0.39 is 0 Å². The molecule has 0 fully saturated rings. The predicted octanol–water partition coefficient (Wildman–Crippen LogP) is 6.49. The summed E-state index contributed by atoms with van der Waals surface area (Å²) in [6.45, 7) is 4.63. The fourth-order valence-corrected chi connectivity index (χ4v) is 4.36. The third-order valence-corrected chi connectivity index (χ3v) is 6.41. The van der Waals surface area contributed by atoms with Crippen molar-refractivity contribution in [2.45, 2.75) is 116 Å². The standard InChI is InChI=1S/C18H40Si/c1-3-5-6-7-8-9-10-11-12-13-14-15-16-18-19-17-4-2/h3-19H2,1-2H3. The van der Waals surface area contributed by atoms with Crippen molar-refractivity contribution >= 4 is 9.52 Å². The molecule has 0 aromatic carbocycles. The van der Waals surface area contributed by atoms with E-state index in [9.17, 15) is 0 Å². The summed E-state index contributed by atoms with van der Waals surface area (Å²) in [6.07, 6.45) is 20.8. The molecule has 0 unspecified atom stereocenters. The average molecular weight is 285 g/mol. The summed E-state index contributed by atoms with van der Waals surface area (Å²) in [6, 6.07) is 3.20. The van der Waals surface area contributed by atoms with Crippen molar-refractivity contribution < 1.29 is 0 Å². The number of hydrogen-bond donors (Lipinski definition) is 0. The maximum atomic E-state index is 2.33. The van der Waals surface area contributed by atoms with E-state index in [4.69, 9.17) is 0 Å². The zero-order chi connectivity index (χ0) is 14.0. The molecule has 1 heteroatoms. The Bertz CT molecular complexity index is 129. The second kappa shape index (κ2) is 18.2. The first kappa shape index (κ1) is 19.2. The highest BCUT2D eigenvalue weighted by molar-refractivity contribution is 6.35. The SMILES string of the molecule is CCCCCCCCCCCCCCC[SiH2]CCC. The topological polar surface area (TPSA) is 0 Å². The van der Waals surface area contributed by atoms with Crippen molar-refractivity contribution in [2.75, 3.05) is 0 Å². The van der Waals surface area contributed by atoms with Gasteiger partial charge in [0.15, 0.2) is 0 Å². The highest BCUT2D eigenvalue weighted by atomic mass is 28.2. The van der Waals surface area contributed by atoms with Gasteiger partial charge in [-0.05, 0) is 0 Å². The van der Waals surface area contributed by atoms with Crippen LogP contribution in [-0.2, 0) is 0 Å². The molecule has 0 aliphatic rings. The molecule has 19 heavy (non-hydrogen) atoms. The van der Waals surface area contributed by atoms with Gasteiger partial charge in [-0.3, -0.25) is 0 Å². The van der Waals surface area contributed by atoms with E-state index in [-0.39, 0.29) is 0 Å². The summed E-state index contributed by atoms with van der Waals surface area (Å²) in [4.78, 5) is 0. The Morgan fingerprint density at radius 1 is 0.421 bits per heavy atom. The first-order valence-electron chi connectivity index (χ1n) is 9.41. The van der Waals surface area contributed by atoms with Gasteiger partial charge in [-0.15, -0.1) is 0 Å². The van der Waals surface area contributed by atoms with Crippen molar-refractivity contribution in [2.24, 2.45) is 0 Å². The lowest BCUT2D eigenvalue weighted by Gasteiger charge is -2.03. The summed E-state index contributed by atoms with van der Waals surface area (Å²) >= 11 is 0. The zero-order valence-electron chi connectivity index (χ0n) is 14.0. The molecule has 0 saturated carbocycles. The molecule has 0 heterocycles. The lowest BCUT2D eigenvalue weighted by atomic mass is 10.1. The summed E-state index contributed by atoms with van der Waals surface area (Å²) in [5, 5.41) is 0. The van der Waals surface area contributed by atoms with E-state index in [1.54, 1.807) is 18.5 Å². The second-order valence-electron chi connectivity index (χ2n) is 6.30. The fourth-order valence-electron chi connectivity index (χ4n) is 2.80. The smallest absolute Gasteiger partial charge is 0.0197 e. The van der Waals surface area contributed by atoms with Crippen LogP contribution in [0.5, 0.6) is 0 Å². The molecular weight excluding hydrogens is 244 g/mol.